The number of carbonyl (C=O) groups excluding carboxylic acids is 1. The van der Waals surface area contributed by atoms with Crippen LogP contribution in [0.3, 0.4) is 0 Å². The second kappa shape index (κ2) is 5.98. The van der Waals surface area contributed by atoms with Crippen molar-refractivity contribution in [3.8, 4) is 0 Å². The Hall–Kier alpha value is -0.280. The third-order valence-electron chi connectivity index (χ3n) is 7.21. The molecule has 0 aromatic heterocycles. The Labute approximate surface area is 140 Å². The van der Waals surface area contributed by atoms with Gasteiger partial charge < -0.3 is 11.1 Å². The molecule has 4 bridgehead atoms. The molecule has 0 spiro atoms. The van der Waals surface area contributed by atoms with Gasteiger partial charge in [-0.15, -0.1) is 12.4 Å². The summed E-state index contributed by atoms with van der Waals surface area (Å²) in [6.45, 7) is 2.28. The molecule has 0 aromatic rings. The Morgan fingerprint density at radius 2 is 1.59 bits per heavy atom. The van der Waals surface area contributed by atoms with Gasteiger partial charge in [-0.25, -0.2) is 0 Å². The molecule has 1 amide bonds. The molecule has 22 heavy (non-hydrogen) atoms. The van der Waals surface area contributed by atoms with Gasteiger partial charge in [0, 0.05) is 18.0 Å². The Balaban J connectivity index is 0.00000144. The lowest BCUT2D eigenvalue weighted by Gasteiger charge is -2.59. The topological polar surface area (TPSA) is 55.1 Å². The van der Waals surface area contributed by atoms with Crippen LogP contribution in [0, 0.1) is 29.1 Å². The van der Waals surface area contributed by atoms with Crippen molar-refractivity contribution >= 4 is 18.3 Å². The van der Waals surface area contributed by atoms with Crippen LogP contribution in [0.2, 0.25) is 0 Å². The van der Waals surface area contributed by atoms with Crippen molar-refractivity contribution < 1.29 is 4.79 Å². The predicted molar refractivity (Wildman–Crippen MR) is 90.8 cm³/mol. The van der Waals surface area contributed by atoms with Crippen LogP contribution in [0.25, 0.3) is 0 Å². The zero-order valence-corrected chi connectivity index (χ0v) is 14.5. The van der Waals surface area contributed by atoms with Gasteiger partial charge in [0.1, 0.15) is 0 Å². The lowest BCUT2D eigenvalue weighted by Crippen LogP contribution is -2.56. The Morgan fingerprint density at radius 1 is 1.05 bits per heavy atom. The van der Waals surface area contributed by atoms with Crippen LogP contribution in [0.15, 0.2) is 0 Å². The molecule has 0 heterocycles. The molecule has 4 heteroatoms. The highest BCUT2D eigenvalue weighted by Gasteiger charge is 2.53. The first-order valence-electron chi connectivity index (χ1n) is 9.10. The molecule has 3 atom stereocenters. The summed E-state index contributed by atoms with van der Waals surface area (Å²) in [6.07, 6.45) is 11.4. The first-order chi connectivity index (χ1) is 10.0. The fourth-order valence-electron chi connectivity index (χ4n) is 6.45. The van der Waals surface area contributed by atoms with Gasteiger partial charge in [-0.1, -0.05) is 0 Å². The van der Waals surface area contributed by atoms with E-state index in [1.165, 1.54) is 38.5 Å². The van der Waals surface area contributed by atoms with Gasteiger partial charge in [0.05, 0.1) is 0 Å². The quantitative estimate of drug-likeness (QED) is 0.836. The number of halogens is 1. The number of hydrogen-bond donors (Lipinski definition) is 2. The highest BCUT2D eigenvalue weighted by Crippen LogP contribution is 2.61. The van der Waals surface area contributed by atoms with Crippen LogP contribution >= 0.6 is 12.4 Å². The Morgan fingerprint density at radius 3 is 2.05 bits per heavy atom. The lowest BCUT2D eigenvalue weighted by molar-refractivity contribution is -0.129. The summed E-state index contributed by atoms with van der Waals surface area (Å²) in [5.41, 5.74) is 6.38. The molecule has 5 aliphatic carbocycles. The van der Waals surface area contributed by atoms with Crippen molar-refractivity contribution in [1.29, 1.82) is 0 Å². The number of nitrogens with one attached hydrogen (secondary N) is 1. The molecule has 3 N–H and O–H groups in total. The standard InChI is InChI=1S/C18H30N2O.ClH/c1-11(20-17(21)15-2-3-16(19)7-15)18-8-12-4-13(9-18)6-14(5-12)10-18;/h11-16H,2-10,19H2,1H3,(H,20,21);1H. The van der Waals surface area contributed by atoms with Crippen molar-refractivity contribution in [2.45, 2.75) is 76.8 Å². The highest BCUT2D eigenvalue weighted by molar-refractivity contribution is 5.85. The fraction of sp³-hybridized carbons (Fsp3) is 0.944. The summed E-state index contributed by atoms with van der Waals surface area (Å²) < 4.78 is 0. The van der Waals surface area contributed by atoms with Crippen molar-refractivity contribution in [1.82, 2.24) is 5.32 Å². The van der Waals surface area contributed by atoms with E-state index < -0.39 is 0 Å². The van der Waals surface area contributed by atoms with E-state index in [0.29, 0.717) is 11.5 Å². The average molecular weight is 327 g/mol. The van der Waals surface area contributed by atoms with Crippen molar-refractivity contribution in [2.24, 2.45) is 34.8 Å². The largest absolute Gasteiger partial charge is 0.353 e. The molecule has 5 aliphatic rings. The van der Waals surface area contributed by atoms with E-state index in [1.807, 2.05) is 0 Å². The van der Waals surface area contributed by atoms with E-state index in [1.54, 1.807) is 0 Å². The predicted octanol–water partition coefficient (Wildman–Crippen LogP) is 3.26. The third kappa shape index (κ3) is 2.80. The molecule has 5 saturated carbocycles. The maximum absolute atomic E-state index is 12.5. The van der Waals surface area contributed by atoms with Gasteiger partial charge in [-0.05, 0) is 87.9 Å². The number of nitrogens with two attached hydrogens (primary N) is 1. The molecule has 0 saturated heterocycles. The number of amides is 1. The minimum Gasteiger partial charge on any atom is -0.353 e. The van der Waals surface area contributed by atoms with E-state index in [-0.39, 0.29) is 30.3 Å². The zero-order chi connectivity index (χ0) is 14.6. The maximum Gasteiger partial charge on any atom is 0.223 e. The molecule has 3 unspecified atom stereocenters. The second-order valence-corrected chi connectivity index (χ2v) is 8.78. The third-order valence-corrected chi connectivity index (χ3v) is 7.21. The maximum atomic E-state index is 12.5. The van der Waals surface area contributed by atoms with Gasteiger partial charge in [-0.3, -0.25) is 4.79 Å². The Bertz CT molecular complexity index is 404. The van der Waals surface area contributed by atoms with Crippen LogP contribution in [-0.4, -0.2) is 18.0 Å². The van der Waals surface area contributed by atoms with Crippen molar-refractivity contribution in [3.63, 3.8) is 0 Å². The molecule has 0 aromatic carbocycles. The molecule has 0 radical (unpaired) electrons. The summed E-state index contributed by atoms with van der Waals surface area (Å²) in [5.74, 6) is 3.32. The molecule has 5 fully saturated rings. The highest BCUT2D eigenvalue weighted by atomic mass is 35.5. The zero-order valence-electron chi connectivity index (χ0n) is 13.7. The normalized spacial score (nSPS) is 47.1. The van der Waals surface area contributed by atoms with E-state index in [2.05, 4.69) is 12.2 Å². The summed E-state index contributed by atoms with van der Waals surface area (Å²) in [6, 6.07) is 0.603. The van der Waals surface area contributed by atoms with Crippen LogP contribution in [0.4, 0.5) is 0 Å². The average Bonchev–Trinajstić information content (AvgIpc) is 2.84. The van der Waals surface area contributed by atoms with E-state index >= 15 is 0 Å². The van der Waals surface area contributed by atoms with Gasteiger partial charge in [0.2, 0.25) is 5.91 Å². The van der Waals surface area contributed by atoms with E-state index in [0.717, 1.165) is 37.0 Å². The molecule has 126 valence electrons. The van der Waals surface area contributed by atoms with Gasteiger partial charge in [0.25, 0.3) is 0 Å². The molecule has 0 aliphatic heterocycles. The van der Waals surface area contributed by atoms with E-state index in [9.17, 15) is 4.79 Å². The smallest absolute Gasteiger partial charge is 0.223 e. The first kappa shape index (κ1) is 16.6. The molecular formula is C18H31ClN2O. The second-order valence-electron chi connectivity index (χ2n) is 8.78. The fourth-order valence-corrected chi connectivity index (χ4v) is 6.45. The van der Waals surface area contributed by atoms with Gasteiger partial charge in [0.15, 0.2) is 0 Å². The van der Waals surface area contributed by atoms with Crippen molar-refractivity contribution in [2.75, 3.05) is 0 Å². The monoisotopic (exact) mass is 326 g/mol. The van der Waals surface area contributed by atoms with E-state index in [4.69, 9.17) is 5.73 Å². The van der Waals surface area contributed by atoms with Crippen LogP contribution in [0.5, 0.6) is 0 Å². The number of hydrogen-bond acceptors (Lipinski definition) is 2. The molecular weight excluding hydrogens is 296 g/mol. The Kier molecular flexibility index (Phi) is 4.50. The first-order valence-corrected chi connectivity index (χ1v) is 9.10. The summed E-state index contributed by atoms with van der Waals surface area (Å²) in [7, 11) is 0. The molecule has 5 rings (SSSR count). The summed E-state index contributed by atoms with van der Waals surface area (Å²) in [5, 5.41) is 3.40. The minimum atomic E-state index is 0. The van der Waals surface area contributed by atoms with Crippen LogP contribution in [0.1, 0.15) is 64.7 Å². The number of carbonyl (C=O) groups is 1. The van der Waals surface area contributed by atoms with Crippen LogP contribution in [-0.2, 0) is 4.79 Å². The molecule has 3 nitrogen and oxygen atoms in total. The lowest BCUT2D eigenvalue weighted by atomic mass is 9.48. The summed E-state index contributed by atoms with van der Waals surface area (Å²) in [4.78, 5) is 12.5. The van der Waals surface area contributed by atoms with Crippen molar-refractivity contribution in [3.05, 3.63) is 0 Å². The summed E-state index contributed by atoms with van der Waals surface area (Å²) >= 11 is 0. The van der Waals surface area contributed by atoms with Gasteiger partial charge in [-0.2, -0.15) is 0 Å². The van der Waals surface area contributed by atoms with Gasteiger partial charge >= 0.3 is 0 Å². The number of rotatable bonds is 3. The minimum absolute atomic E-state index is 0. The van der Waals surface area contributed by atoms with Crippen LogP contribution < -0.4 is 11.1 Å². The SMILES string of the molecule is CC(NC(=O)C1CCC(N)C1)C12CC3CC(CC(C3)C1)C2.Cl.